The molecule has 0 radical (unpaired) electrons. The number of rotatable bonds is 4. The highest BCUT2D eigenvalue weighted by atomic mass is 16.1. The molecule has 0 heterocycles. The second-order valence-electron chi connectivity index (χ2n) is 3.85. The highest BCUT2D eigenvalue weighted by molar-refractivity contribution is 5.49. The van der Waals surface area contributed by atoms with Gasteiger partial charge in [-0.05, 0) is 17.8 Å². The van der Waals surface area contributed by atoms with Gasteiger partial charge in [-0.3, -0.25) is 0 Å². The van der Waals surface area contributed by atoms with Crippen molar-refractivity contribution in [2.45, 2.75) is 40.5 Å². The molecule has 10 heavy (non-hydrogen) atoms. The molecule has 0 N–H and O–H groups in total. The summed E-state index contributed by atoms with van der Waals surface area (Å²) in [7, 11) is 0. The van der Waals surface area contributed by atoms with Gasteiger partial charge in [-0.2, -0.15) is 0 Å². The fraction of sp³-hybridized carbons (Fsp3) is 0.889. The minimum atomic E-state index is 0.320. The van der Waals surface area contributed by atoms with Crippen LogP contribution < -0.4 is 0 Å². The van der Waals surface area contributed by atoms with E-state index in [0.717, 1.165) is 12.7 Å². The normalized spacial score (nSPS) is 12.1. The predicted octanol–water partition coefficient (Wildman–Crippen LogP) is 2.65. The lowest BCUT2D eigenvalue weighted by Gasteiger charge is -2.28. The second-order valence-corrected chi connectivity index (χ2v) is 3.85. The van der Waals surface area contributed by atoms with E-state index in [4.69, 9.17) is 0 Å². The van der Waals surface area contributed by atoms with Gasteiger partial charge in [0.25, 0.3) is 0 Å². The smallest absolute Gasteiger partial charge is 0.120 e. The molecule has 0 rings (SSSR count). The van der Waals surface area contributed by atoms with Crippen molar-refractivity contribution < 1.29 is 4.79 Å². The molecular weight excluding hydrogens is 124 g/mol. The molecule has 0 aliphatic rings. The van der Waals surface area contributed by atoms with Crippen molar-refractivity contribution in [3.63, 3.8) is 0 Å². The Labute approximate surface area is 63.8 Å². The van der Waals surface area contributed by atoms with Gasteiger partial charge in [0.2, 0.25) is 0 Å². The van der Waals surface area contributed by atoms with Gasteiger partial charge >= 0.3 is 0 Å². The summed E-state index contributed by atoms with van der Waals surface area (Å²) in [6, 6.07) is 0. The molecular formula is C9H18O. The van der Waals surface area contributed by atoms with Crippen LogP contribution in [0.4, 0.5) is 0 Å². The standard InChI is InChI=1S/C9H18O/c1-8(2)9(3,4)6-5-7-10/h7-8H,5-6H2,1-4H3. The van der Waals surface area contributed by atoms with Crippen LogP contribution in [-0.2, 0) is 4.79 Å². The van der Waals surface area contributed by atoms with E-state index < -0.39 is 0 Å². The summed E-state index contributed by atoms with van der Waals surface area (Å²) in [6.45, 7) is 8.82. The Bertz CT molecular complexity index is 103. The summed E-state index contributed by atoms with van der Waals surface area (Å²) >= 11 is 0. The average Bonchev–Trinajstić information content (AvgIpc) is 1.84. The monoisotopic (exact) mass is 142 g/mol. The van der Waals surface area contributed by atoms with Gasteiger partial charge in [0.1, 0.15) is 6.29 Å². The Balaban J connectivity index is 3.74. The van der Waals surface area contributed by atoms with Gasteiger partial charge in [0.15, 0.2) is 0 Å². The molecule has 0 bridgehead atoms. The number of carbonyl (C=O) groups is 1. The largest absolute Gasteiger partial charge is 0.303 e. The molecule has 0 aromatic carbocycles. The molecule has 1 nitrogen and oxygen atoms in total. The minimum Gasteiger partial charge on any atom is -0.303 e. The molecule has 0 aliphatic heterocycles. The highest BCUT2D eigenvalue weighted by Crippen LogP contribution is 2.30. The summed E-state index contributed by atoms with van der Waals surface area (Å²) in [6.07, 6.45) is 2.71. The molecule has 0 aromatic heterocycles. The zero-order chi connectivity index (χ0) is 8.20. The van der Waals surface area contributed by atoms with Gasteiger partial charge in [-0.1, -0.05) is 27.7 Å². The molecule has 0 atom stereocenters. The van der Waals surface area contributed by atoms with E-state index >= 15 is 0 Å². The van der Waals surface area contributed by atoms with Gasteiger partial charge < -0.3 is 4.79 Å². The van der Waals surface area contributed by atoms with Gasteiger partial charge in [-0.25, -0.2) is 0 Å². The number of hydrogen-bond acceptors (Lipinski definition) is 1. The first kappa shape index (κ1) is 9.67. The molecule has 60 valence electrons. The molecule has 0 saturated carbocycles. The van der Waals surface area contributed by atoms with Crippen LogP contribution in [0.25, 0.3) is 0 Å². The fourth-order valence-electron chi connectivity index (χ4n) is 0.720. The summed E-state index contributed by atoms with van der Waals surface area (Å²) in [4.78, 5) is 10.1. The maximum Gasteiger partial charge on any atom is 0.120 e. The first-order valence-corrected chi connectivity index (χ1v) is 3.94. The SMILES string of the molecule is CC(C)C(C)(C)CCC=O. The number of carbonyl (C=O) groups excluding carboxylic acids is 1. The molecule has 0 spiro atoms. The minimum absolute atomic E-state index is 0.320. The zero-order valence-corrected chi connectivity index (χ0v) is 7.48. The number of hydrogen-bond donors (Lipinski definition) is 0. The van der Waals surface area contributed by atoms with Crippen LogP contribution in [0.2, 0.25) is 0 Å². The number of aldehydes is 1. The van der Waals surface area contributed by atoms with E-state index in [1.165, 1.54) is 0 Å². The maximum absolute atomic E-state index is 10.1. The van der Waals surface area contributed by atoms with Gasteiger partial charge in [0, 0.05) is 6.42 Å². The molecule has 0 unspecified atom stereocenters. The third kappa shape index (κ3) is 3.00. The van der Waals surface area contributed by atoms with Crippen molar-refractivity contribution in [1.82, 2.24) is 0 Å². The van der Waals surface area contributed by atoms with Crippen molar-refractivity contribution in [2.75, 3.05) is 0 Å². The first-order valence-electron chi connectivity index (χ1n) is 3.94. The van der Waals surface area contributed by atoms with E-state index in [2.05, 4.69) is 27.7 Å². The van der Waals surface area contributed by atoms with Crippen LogP contribution in [0.15, 0.2) is 0 Å². The average molecular weight is 142 g/mol. The van der Waals surface area contributed by atoms with E-state index in [0.29, 0.717) is 17.8 Å². The Morgan fingerprint density at radius 1 is 1.40 bits per heavy atom. The van der Waals surface area contributed by atoms with Crippen molar-refractivity contribution in [3.05, 3.63) is 0 Å². The van der Waals surface area contributed by atoms with Gasteiger partial charge in [0.05, 0.1) is 0 Å². The fourth-order valence-corrected chi connectivity index (χ4v) is 0.720. The van der Waals surface area contributed by atoms with E-state index in [1.807, 2.05) is 0 Å². The lowest BCUT2D eigenvalue weighted by Crippen LogP contribution is -2.18. The van der Waals surface area contributed by atoms with E-state index in [9.17, 15) is 4.79 Å². The first-order chi connectivity index (χ1) is 4.50. The molecule has 1 heteroatoms. The third-order valence-corrected chi connectivity index (χ3v) is 2.47. The lowest BCUT2D eigenvalue weighted by atomic mass is 9.78. The van der Waals surface area contributed by atoms with Crippen molar-refractivity contribution >= 4 is 6.29 Å². The molecule has 0 fully saturated rings. The zero-order valence-electron chi connectivity index (χ0n) is 7.48. The molecule has 0 aromatic rings. The topological polar surface area (TPSA) is 17.1 Å². The van der Waals surface area contributed by atoms with Crippen molar-refractivity contribution in [2.24, 2.45) is 11.3 Å². The predicted molar refractivity (Wildman–Crippen MR) is 43.9 cm³/mol. The maximum atomic E-state index is 10.1. The quantitative estimate of drug-likeness (QED) is 0.551. The second kappa shape index (κ2) is 3.75. The Kier molecular flexibility index (Phi) is 3.62. The van der Waals surface area contributed by atoms with Crippen LogP contribution in [0.1, 0.15) is 40.5 Å². The highest BCUT2D eigenvalue weighted by Gasteiger charge is 2.20. The third-order valence-electron chi connectivity index (χ3n) is 2.47. The Morgan fingerprint density at radius 2 is 1.90 bits per heavy atom. The summed E-state index contributed by atoms with van der Waals surface area (Å²) in [5.74, 6) is 0.660. The van der Waals surface area contributed by atoms with Crippen LogP contribution in [0, 0.1) is 11.3 Å². The van der Waals surface area contributed by atoms with E-state index in [1.54, 1.807) is 0 Å². The van der Waals surface area contributed by atoms with Gasteiger partial charge in [-0.15, -0.1) is 0 Å². The van der Waals surface area contributed by atoms with Crippen LogP contribution in [0.5, 0.6) is 0 Å². The van der Waals surface area contributed by atoms with Crippen LogP contribution in [0.3, 0.4) is 0 Å². The summed E-state index contributed by atoms with van der Waals surface area (Å²) in [5.41, 5.74) is 0.320. The lowest BCUT2D eigenvalue weighted by molar-refractivity contribution is -0.108. The van der Waals surface area contributed by atoms with Crippen molar-refractivity contribution in [1.29, 1.82) is 0 Å². The Hall–Kier alpha value is -0.330. The molecule has 0 aliphatic carbocycles. The van der Waals surface area contributed by atoms with Crippen LogP contribution >= 0.6 is 0 Å². The van der Waals surface area contributed by atoms with E-state index in [-0.39, 0.29) is 0 Å². The Morgan fingerprint density at radius 3 is 2.20 bits per heavy atom. The van der Waals surface area contributed by atoms with Crippen LogP contribution in [-0.4, -0.2) is 6.29 Å². The summed E-state index contributed by atoms with van der Waals surface area (Å²) in [5, 5.41) is 0. The van der Waals surface area contributed by atoms with Crippen molar-refractivity contribution in [3.8, 4) is 0 Å². The summed E-state index contributed by atoms with van der Waals surface area (Å²) < 4.78 is 0. The molecule has 0 saturated heterocycles. The molecule has 0 amide bonds.